The third kappa shape index (κ3) is 3.94. The number of ether oxygens (including phenoxy) is 1. The minimum Gasteiger partial charge on any atom is -0.378 e. The molecule has 1 N–H and O–H groups in total. The Bertz CT molecular complexity index is 793. The van der Waals surface area contributed by atoms with Crippen molar-refractivity contribution in [3.05, 3.63) is 35.4 Å². The minimum atomic E-state index is 0.111. The van der Waals surface area contributed by atoms with Gasteiger partial charge in [-0.3, -0.25) is 4.79 Å². The standard InChI is InChI=1S/C24H33N3O3/c28-22(25-17-18-5-6-18)15-19-16-24(21-4-2-1-3-20(19)21)7-9-26(10-8-24)23(29)27-11-13-30-14-12-27/h1-4,18-19H,5-17H2,(H,25,28)/t19-/m1/s1. The lowest BCUT2D eigenvalue weighted by molar-refractivity contribution is -0.121. The van der Waals surface area contributed by atoms with Gasteiger partial charge in [0.2, 0.25) is 5.91 Å². The van der Waals surface area contributed by atoms with E-state index in [2.05, 4.69) is 29.6 Å². The molecule has 1 aromatic rings. The summed E-state index contributed by atoms with van der Waals surface area (Å²) in [5.74, 6) is 1.20. The molecule has 5 rings (SSSR count). The molecule has 6 nitrogen and oxygen atoms in total. The van der Waals surface area contributed by atoms with Crippen LogP contribution in [0.25, 0.3) is 0 Å². The van der Waals surface area contributed by atoms with Crippen molar-refractivity contribution in [3.63, 3.8) is 0 Å². The van der Waals surface area contributed by atoms with E-state index < -0.39 is 0 Å². The summed E-state index contributed by atoms with van der Waals surface area (Å²) in [7, 11) is 0. The molecule has 3 amide bonds. The Kier molecular flexibility index (Phi) is 5.44. The maximum absolute atomic E-state index is 12.9. The molecule has 3 fully saturated rings. The quantitative estimate of drug-likeness (QED) is 0.829. The summed E-state index contributed by atoms with van der Waals surface area (Å²) in [6, 6.07) is 8.87. The highest BCUT2D eigenvalue weighted by molar-refractivity contribution is 5.77. The first-order valence-electron chi connectivity index (χ1n) is 11.6. The summed E-state index contributed by atoms with van der Waals surface area (Å²) < 4.78 is 5.38. The summed E-state index contributed by atoms with van der Waals surface area (Å²) in [6.07, 6.45) is 6.11. The molecule has 2 aliphatic heterocycles. The molecule has 1 aromatic carbocycles. The van der Waals surface area contributed by atoms with Crippen LogP contribution in [-0.2, 0) is 14.9 Å². The van der Waals surface area contributed by atoms with Crippen LogP contribution < -0.4 is 5.32 Å². The summed E-state index contributed by atoms with van der Waals surface area (Å²) in [6.45, 7) is 5.11. The maximum Gasteiger partial charge on any atom is 0.320 e. The van der Waals surface area contributed by atoms with Gasteiger partial charge in [-0.15, -0.1) is 0 Å². The fourth-order valence-corrected chi connectivity index (χ4v) is 5.64. The van der Waals surface area contributed by atoms with E-state index in [1.165, 1.54) is 24.0 Å². The first kappa shape index (κ1) is 19.9. The number of carbonyl (C=O) groups is 2. The Morgan fingerprint density at radius 2 is 1.73 bits per heavy atom. The zero-order chi connectivity index (χ0) is 20.6. The average molecular weight is 412 g/mol. The van der Waals surface area contributed by atoms with Crippen LogP contribution in [-0.4, -0.2) is 67.7 Å². The summed E-state index contributed by atoms with van der Waals surface area (Å²) in [4.78, 5) is 29.4. The van der Waals surface area contributed by atoms with Crippen molar-refractivity contribution in [1.82, 2.24) is 15.1 Å². The molecule has 6 heteroatoms. The first-order valence-corrected chi connectivity index (χ1v) is 11.6. The Labute approximate surface area is 178 Å². The molecule has 1 atom stereocenters. The SMILES string of the molecule is O=C(C[C@@H]1CC2(CCN(C(=O)N3CCOCC3)CC2)c2ccccc21)NCC1CC1. The highest BCUT2D eigenvalue weighted by atomic mass is 16.5. The Morgan fingerprint density at radius 1 is 1.03 bits per heavy atom. The molecule has 162 valence electrons. The third-order valence-electron chi connectivity index (χ3n) is 7.60. The summed E-state index contributed by atoms with van der Waals surface area (Å²) >= 11 is 0. The van der Waals surface area contributed by atoms with Crippen molar-refractivity contribution in [1.29, 1.82) is 0 Å². The van der Waals surface area contributed by atoms with Gasteiger partial charge in [-0.25, -0.2) is 4.79 Å². The van der Waals surface area contributed by atoms with E-state index in [1.54, 1.807) is 0 Å². The molecule has 2 aliphatic carbocycles. The summed E-state index contributed by atoms with van der Waals surface area (Å²) in [5, 5.41) is 3.14. The Hall–Kier alpha value is -2.08. The molecule has 30 heavy (non-hydrogen) atoms. The second-order valence-electron chi connectivity index (χ2n) is 9.59. The molecule has 2 saturated heterocycles. The van der Waals surface area contributed by atoms with Crippen molar-refractivity contribution in [2.45, 2.75) is 49.9 Å². The van der Waals surface area contributed by atoms with Crippen LogP contribution >= 0.6 is 0 Å². The molecule has 0 bridgehead atoms. The number of piperidine rings is 1. The predicted molar refractivity (Wildman–Crippen MR) is 114 cm³/mol. The zero-order valence-corrected chi connectivity index (χ0v) is 17.8. The van der Waals surface area contributed by atoms with Crippen LogP contribution in [0.5, 0.6) is 0 Å². The Balaban J connectivity index is 1.24. The molecule has 2 heterocycles. The van der Waals surface area contributed by atoms with E-state index in [1.807, 2.05) is 9.80 Å². The number of nitrogens with zero attached hydrogens (tertiary/aromatic N) is 2. The highest BCUT2D eigenvalue weighted by Gasteiger charge is 2.46. The van der Waals surface area contributed by atoms with Gasteiger partial charge in [-0.05, 0) is 60.5 Å². The number of hydrogen-bond acceptors (Lipinski definition) is 3. The minimum absolute atomic E-state index is 0.111. The van der Waals surface area contributed by atoms with E-state index in [-0.39, 0.29) is 17.4 Å². The van der Waals surface area contributed by atoms with Gasteiger partial charge in [-0.1, -0.05) is 24.3 Å². The van der Waals surface area contributed by atoms with E-state index in [4.69, 9.17) is 4.74 Å². The third-order valence-corrected chi connectivity index (χ3v) is 7.60. The summed E-state index contributed by atoms with van der Waals surface area (Å²) in [5.41, 5.74) is 2.88. The number of urea groups is 1. The number of amides is 3. The van der Waals surface area contributed by atoms with Crippen LogP contribution in [0.1, 0.15) is 55.6 Å². The smallest absolute Gasteiger partial charge is 0.320 e. The number of hydrogen-bond donors (Lipinski definition) is 1. The number of rotatable bonds is 4. The van der Waals surface area contributed by atoms with Gasteiger partial charge in [0.05, 0.1) is 13.2 Å². The number of morpholine rings is 1. The normalized spacial score (nSPS) is 25.3. The monoisotopic (exact) mass is 411 g/mol. The number of nitrogens with one attached hydrogen (secondary N) is 1. The van der Waals surface area contributed by atoms with Gasteiger partial charge in [-0.2, -0.15) is 0 Å². The number of benzene rings is 1. The lowest BCUT2D eigenvalue weighted by atomic mass is 9.73. The topological polar surface area (TPSA) is 61.9 Å². The van der Waals surface area contributed by atoms with Gasteiger partial charge < -0.3 is 19.9 Å². The van der Waals surface area contributed by atoms with Crippen molar-refractivity contribution >= 4 is 11.9 Å². The van der Waals surface area contributed by atoms with E-state index >= 15 is 0 Å². The zero-order valence-electron chi connectivity index (χ0n) is 17.8. The van der Waals surface area contributed by atoms with E-state index in [9.17, 15) is 9.59 Å². The molecular weight excluding hydrogens is 378 g/mol. The number of carbonyl (C=O) groups excluding carboxylic acids is 2. The van der Waals surface area contributed by atoms with Gasteiger partial charge in [0.1, 0.15) is 0 Å². The molecular formula is C24H33N3O3. The van der Waals surface area contributed by atoms with Crippen LogP contribution in [0.3, 0.4) is 0 Å². The van der Waals surface area contributed by atoms with Gasteiger partial charge in [0, 0.05) is 39.1 Å². The molecule has 0 radical (unpaired) electrons. The lowest BCUT2D eigenvalue weighted by Crippen LogP contribution is -2.52. The van der Waals surface area contributed by atoms with Gasteiger partial charge in [0.15, 0.2) is 0 Å². The fraction of sp³-hybridized carbons (Fsp3) is 0.667. The lowest BCUT2D eigenvalue weighted by Gasteiger charge is -2.42. The molecule has 4 aliphatic rings. The Morgan fingerprint density at radius 3 is 2.47 bits per heavy atom. The van der Waals surface area contributed by atoms with Gasteiger partial charge >= 0.3 is 6.03 Å². The predicted octanol–water partition coefficient (Wildman–Crippen LogP) is 2.88. The average Bonchev–Trinajstić information content (AvgIpc) is 3.58. The second kappa shape index (κ2) is 8.22. The molecule has 1 saturated carbocycles. The van der Waals surface area contributed by atoms with E-state index in [0.717, 1.165) is 38.9 Å². The van der Waals surface area contributed by atoms with Crippen molar-refractivity contribution in [3.8, 4) is 0 Å². The van der Waals surface area contributed by atoms with Crippen LogP contribution in [0.15, 0.2) is 24.3 Å². The molecule has 0 unspecified atom stereocenters. The van der Waals surface area contributed by atoms with Crippen LogP contribution in [0.2, 0.25) is 0 Å². The first-order chi connectivity index (χ1) is 14.6. The number of likely N-dealkylation sites (tertiary alicyclic amines) is 1. The molecule has 1 spiro atoms. The van der Waals surface area contributed by atoms with E-state index in [0.29, 0.717) is 44.6 Å². The van der Waals surface area contributed by atoms with Crippen molar-refractivity contribution in [2.24, 2.45) is 5.92 Å². The van der Waals surface area contributed by atoms with Crippen molar-refractivity contribution < 1.29 is 14.3 Å². The fourth-order valence-electron chi connectivity index (χ4n) is 5.64. The maximum atomic E-state index is 12.9. The van der Waals surface area contributed by atoms with Crippen molar-refractivity contribution in [2.75, 3.05) is 45.9 Å². The second-order valence-corrected chi connectivity index (χ2v) is 9.59. The van der Waals surface area contributed by atoms with Crippen LogP contribution in [0.4, 0.5) is 4.79 Å². The molecule has 0 aromatic heterocycles. The van der Waals surface area contributed by atoms with Crippen LogP contribution in [0, 0.1) is 5.92 Å². The highest BCUT2D eigenvalue weighted by Crippen LogP contribution is 2.52. The van der Waals surface area contributed by atoms with Gasteiger partial charge in [0.25, 0.3) is 0 Å². The number of fused-ring (bicyclic) bond motifs is 2. The largest absolute Gasteiger partial charge is 0.378 e.